The Morgan fingerprint density at radius 3 is 2.00 bits per heavy atom. The van der Waals surface area contributed by atoms with Gasteiger partial charge in [0.05, 0.1) is 7.11 Å². The van der Waals surface area contributed by atoms with Gasteiger partial charge in [0, 0.05) is 12.3 Å². The van der Waals surface area contributed by atoms with Crippen molar-refractivity contribution in [1.29, 1.82) is 0 Å². The summed E-state index contributed by atoms with van der Waals surface area (Å²) in [5.41, 5.74) is 5.33. The molecule has 0 heterocycles. The summed E-state index contributed by atoms with van der Waals surface area (Å²) in [5.74, 6) is -1.16. The number of fused-ring (bicyclic) bond motifs is 3. The van der Waals surface area contributed by atoms with Crippen LogP contribution in [0.3, 0.4) is 0 Å². The van der Waals surface area contributed by atoms with E-state index < -0.39 is 30.1 Å². The van der Waals surface area contributed by atoms with E-state index in [1.807, 2.05) is 66.7 Å². The van der Waals surface area contributed by atoms with E-state index in [1.165, 1.54) is 14.0 Å². The molecule has 0 fully saturated rings. The van der Waals surface area contributed by atoms with Gasteiger partial charge in [-0.3, -0.25) is 4.79 Å². The van der Waals surface area contributed by atoms with Gasteiger partial charge in [0.15, 0.2) is 0 Å². The van der Waals surface area contributed by atoms with E-state index in [0.29, 0.717) is 0 Å². The van der Waals surface area contributed by atoms with Crippen molar-refractivity contribution in [2.75, 3.05) is 13.7 Å². The fourth-order valence-corrected chi connectivity index (χ4v) is 4.39. The maximum atomic E-state index is 12.9. The Labute approximate surface area is 204 Å². The van der Waals surface area contributed by atoms with Crippen LogP contribution < -0.4 is 10.6 Å². The summed E-state index contributed by atoms with van der Waals surface area (Å²) in [6.07, 6.45) is -0.459. The molecule has 4 rings (SSSR count). The quantitative estimate of drug-likeness (QED) is 0.486. The molecule has 0 aromatic heterocycles. The number of amides is 2. The van der Waals surface area contributed by atoms with E-state index in [2.05, 4.69) is 27.5 Å². The molecule has 3 aromatic carbocycles. The molecule has 180 valence electrons. The smallest absolute Gasteiger partial charge is 0.407 e. The number of rotatable bonds is 8. The molecule has 0 radical (unpaired) electrons. The molecule has 35 heavy (non-hydrogen) atoms. The molecule has 0 unspecified atom stereocenters. The summed E-state index contributed by atoms with van der Waals surface area (Å²) in [6, 6.07) is 23.7. The maximum absolute atomic E-state index is 12.9. The van der Waals surface area contributed by atoms with Gasteiger partial charge in [-0.05, 0) is 34.7 Å². The Balaban J connectivity index is 1.45. The Kier molecular flexibility index (Phi) is 7.45. The molecule has 0 aliphatic heterocycles. The first kappa shape index (κ1) is 24.0. The third kappa shape index (κ3) is 5.51. The van der Waals surface area contributed by atoms with Gasteiger partial charge < -0.3 is 20.1 Å². The topological polar surface area (TPSA) is 93.7 Å². The van der Waals surface area contributed by atoms with E-state index >= 15 is 0 Å². The first-order valence-corrected chi connectivity index (χ1v) is 11.5. The molecule has 2 amide bonds. The third-order valence-corrected chi connectivity index (χ3v) is 6.15. The molecule has 1 aliphatic rings. The standard InChI is InChI=1S/C28H28N2O5/c1-18(27(32)34-2)29-26(31)25(16-19-10-4-3-5-11-19)30-28(33)35-17-24-22-14-8-6-12-20(22)21-13-7-9-15-23(21)24/h3-15,18,24-25H,16-17H2,1-2H3,(H,29,31)(H,30,33)/t18-,25+/m0/s1. The highest BCUT2D eigenvalue weighted by atomic mass is 16.5. The summed E-state index contributed by atoms with van der Waals surface area (Å²) in [4.78, 5) is 37.5. The first-order valence-electron chi connectivity index (χ1n) is 11.5. The second-order valence-corrected chi connectivity index (χ2v) is 8.47. The summed E-state index contributed by atoms with van der Waals surface area (Å²) in [5, 5.41) is 5.27. The number of methoxy groups -OCH3 is 1. The van der Waals surface area contributed by atoms with Crippen molar-refractivity contribution in [3.05, 3.63) is 95.6 Å². The van der Waals surface area contributed by atoms with Gasteiger partial charge in [-0.2, -0.15) is 0 Å². The van der Waals surface area contributed by atoms with Crippen LogP contribution in [0, 0.1) is 0 Å². The molecule has 2 atom stereocenters. The van der Waals surface area contributed by atoms with Crippen LogP contribution in [0.4, 0.5) is 4.79 Å². The van der Waals surface area contributed by atoms with Crippen molar-refractivity contribution >= 4 is 18.0 Å². The Morgan fingerprint density at radius 2 is 1.40 bits per heavy atom. The highest BCUT2D eigenvalue weighted by molar-refractivity contribution is 5.89. The second-order valence-electron chi connectivity index (χ2n) is 8.47. The van der Waals surface area contributed by atoms with Crippen molar-refractivity contribution in [3.63, 3.8) is 0 Å². The molecule has 0 spiro atoms. The highest BCUT2D eigenvalue weighted by Gasteiger charge is 2.30. The average Bonchev–Trinajstić information content (AvgIpc) is 3.20. The van der Waals surface area contributed by atoms with Crippen LogP contribution in [0.25, 0.3) is 11.1 Å². The van der Waals surface area contributed by atoms with Gasteiger partial charge in [0.2, 0.25) is 5.91 Å². The average molecular weight is 473 g/mol. The number of alkyl carbamates (subject to hydrolysis) is 1. The van der Waals surface area contributed by atoms with Crippen LogP contribution in [0.5, 0.6) is 0 Å². The summed E-state index contributed by atoms with van der Waals surface area (Å²) in [7, 11) is 1.25. The normalized spacial score (nSPS) is 13.7. The number of nitrogens with one attached hydrogen (secondary N) is 2. The van der Waals surface area contributed by atoms with Gasteiger partial charge in [-0.25, -0.2) is 9.59 Å². The molecule has 0 saturated carbocycles. The number of carbonyl (C=O) groups excluding carboxylic acids is 3. The zero-order valence-corrected chi connectivity index (χ0v) is 19.7. The van der Waals surface area contributed by atoms with Crippen molar-refractivity contribution in [2.24, 2.45) is 0 Å². The SMILES string of the molecule is COC(=O)[C@H](C)NC(=O)[C@@H](Cc1ccccc1)NC(=O)OCC1c2ccccc2-c2ccccc21. The fraction of sp³-hybridized carbons (Fsp3) is 0.250. The fourth-order valence-electron chi connectivity index (χ4n) is 4.39. The number of carbonyl (C=O) groups is 3. The monoisotopic (exact) mass is 472 g/mol. The van der Waals surface area contributed by atoms with E-state index in [1.54, 1.807) is 0 Å². The first-order chi connectivity index (χ1) is 17.0. The molecular formula is C28H28N2O5. The lowest BCUT2D eigenvalue weighted by molar-refractivity contribution is -0.144. The molecule has 3 aromatic rings. The molecule has 1 aliphatic carbocycles. The number of esters is 1. The largest absolute Gasteiger partial charge is 0.467 e. The predicted molar refractivity (Wildman–Crippen MR) is 132 cm³/mol. The summed E-state index contributed by atoms with van der Waals surface area (Å²) in [6.45, 7) is 1.66. The van der Waals surface area contributed by atoms with Crippen molar-refractivity contribution in [3.8, 4) is 11.1 Å². The number of hydrogen-bond acceptors (Lipinski definition) is 5. The molecule has 0 bridgehead atoms. The van der Waals surface area contributed by atoms with Gasteiger partial charge >= 0.3 is 12.1 Å². The minimum absolute atomic E-state index is 0.0890. The van der Waals surface area contributed by atoms with Crippen LogP contribution in [-0.2, 0) is 25.5 Å². The number of ether oxygens (including phenoxy) is 2. The Morgan fingerprint density at radius 1 is 0.829 bits per heavy atom. The molecule has 7 nitrogen and oxygen atoms in total. The molecule has 0 saturated heterocycles. The second kappa shape index (κ2) is 10.9. The lowest BCUT2D eigenvalue weighted by Gasteiger charge is -2.21. The van der Waals surface area contributed by atoms with E-state index in [9.17, 15) is 14.4 Å². The lowest BCUT2D eigenvalue weighted by atomic mass is 9.98. The lowest BCUT2D eigenvalue weighted by Crippen LogP contribution is -2.52. The van der Waals surface area contributed by atoms with Crippen molar-refractivity contribution in [2.45, 2.75) is 31.3 Å². The van der Waals surface area contributed by atoms with Crippen LogP contribution >= 0.6 is 0 Å². The molecular weight excluding hydrogens is 444 g/mol. The molecule has 7 heteroatoms. The number of benzene rings is 3. The maximum Gasteiger partial charge on any atom is 0.407 e. The summed E-state index contributed by atoms with van der Waals surface area (Å²) >= 11 is 0. The van der Waals surface area contributed by atoms with Gasteiger partial charge in [-0.15, -0.1) is 0 Å². The highest BCUT2D eigenvalue weighted by Crippen LogP contribution is 2.44. The van der Waals surface area contributed by atoms with Crippen LogP contribution in [-0.4, -0.2) is 43.8 Å². The minimum Gasteiger partial charge on any atom is -0.467 e. The minimum atomic E-state index is -0.930. The van der Waals surface area contributed by atoms with Crippen molar-refractivity contribution < 1.29 is 23.9 Å². The van der Waals surface area contributed by atoms with E-state index in [0.717, 1.165) is 27.8 Å². The van der Waals surface area contributed by atoms with Gasteiger partial charge in [-0.1, -0.05) is 78.9 Å². The predicted octanol–water partition coefficient (Wildman–Crippen LogP) is 3.81. The van der Waals surface area contributed by atoms with Crippen LogP contribution in [0.1, 0.15) is 29.5 Å². The van der Waals surface area contributed by atoms with Crippen LogP contribution in [0.15, 0.2) is 78.9 Å². The Hall–Kier alpha value is -4.13. The zero-order chi connectivity index (χ0) is 24.8. The molecule has 2 N–H and O–H groups in total. The number of hydrogen-bond donors (Lipinski definition) is 2. The van der Waals surface area contributed by atoms with Crippen LogP contribution in [0.2, 0.25) is 0 Å². The van der Waals surface area contributed by atoms with Crippen molar-refractivity contribution in [1.82, 2.24) is 10.6 Å². The van der Waals surface area contributed by atoms with Gasteiger partial charge in [0.1, 0.15) is 18.7 Å². The summed E-state index contributed by atoms with van der Waals surface area (Å²) < 4.78 is 10.3. The third-order valence-electron chi connectivity index (χ3n) is 6.15. The zero-order valence-electron chi connectivity index (χ0n) is 19.7. The van der Waals surface area contributed by atoms with E-state index in [-0.39, 0.29) is 18.9 Å². The van der Waals surface area contributed by atoms with E-state index in [4.69, 9.17) is 4.74 Å². The van der Waals surface area contributed by atoms with Gasteiger partial charge in [0.25, 0.3) is 0 Å². The Bertz CT molecular complexity index is 1170.